The van der Waals surface area contributed by atoms with Crippen LogP contribution in [0.3, 0.4) is 0 Å². The summed E-state index contributed by atoms with van der Waals surface area (Å²) in [4.78, 5) is 35.4. The molecule has 8 atom stereocenters. The van der Waals surface area contributed by atoms with Gasteiger partial charge >= 0.3 is 19.8 Å². The molecule has 308 valence electrons. The second kappa shape index (κ2) is 30.5. The molecule has 1 aliphatic rings. The van der Waals surface area contributed by atoms with Crippen LogP contribution in [0.5, 0.6) is 0 Å². The fraction of sp³-hybridized carbons (Fsp3) is 0.650. The van der Waals surface area contributed by atoms with Crippen molar-refractivity contribution in [1.29, 1.82) is 0 Å². The largest absolute Gasteiger partial charge is 0.472 e. The minimum Gasteiger partial charge on any atom is -0.462 e. The van der Waals surface area contributed by atoms with E-state index in [4.69, 9.17) is 18.5 Å². The van der Waals surface area contributed by atoms with Crippen molar-refractivity contribution in [3.05, 3.63) is 72.9 Å². The quantitative estimate of drug-likeness (QED) is 0.0170. The van der Waals surface area contributed by atoms with Gasteiger partial charge in [0.2, 0.25) is 0 Å². The first-order valence-corrected chi connectivity index (χ1v) is 20.8. The lowest BCUT2D eigenvalue weighted by Crippen LogP contribution is -2.64. The van der Waals surface area contributed by atoms with Gasteiger partial charge in [-0.3, -0.25) is 18.6 Å². The molecule has 0 saturated heterocycles. The van der Waals surface area contributed by atoms with Gasteiger partial charge in [0.15, 0.2) is 6.10 Å². The number of aliphatic hydroxyl groups excluding tert-OH is 5. The number of phosphoric ester groups is 1. The Bertz CT molecular complexity index is 1230. The van der Waals surface area contributed by atoms with Crippen LogP contribution in [0.25, 0.3) is 0 Å². The van der Waals surface area contributed by atoms with E-state index in [1.54, 1.807) is 0 Å². The van der Waals surface area contributed by atoms with Crippen molar-refractivity contribution in [2.75, 3.05) is 13.2 Å². The topological polar surface area (TPSA) is 210 Å². The lowest BCUT2D eigenvalue weighted by atomic mass is 9.85. The molecule has 54 heavy (non-hydrogen) atoms. The van der Waals surface area contributed by atoms with Gasteiger partial charge in [-0.1, -0.05) is 106 Å². The lowest BCUT2D eigenvalue weighted by Gasteiger charge is -2.41. The van der Waals surface area contributed by atoms with Crippen molar-refractivity contribution in [2.45, 2.75) is 153 Å². The first kappa shape index (κ1) is 49.3. The summed E-state index contributed by atoms with van der Waals surface area (Å²) < 4.78 is 33.3. The van der Waals surface area contributed by atoms with Crippen molar-refractivity contribution in [2.24, 2.45) is 0 Å². The highest BCUT2D eigenvalue weighted by Gasteiger charge is 2.51. The van der Waals surface area contributed by atoms with Crippen LogP contribution in [0.2, 0.25) is 0 Å². The summed E-state index contributed by atoms with van der Waals surface area (Å²) >= 11 is 0. The van der Waals surface area contributed by atoms with Gasteiger partial charge in [0.1, 0.15) is 43.2 Å². The minimum atomic E-state index is -5.13. The van der Waals surface area contributed by atoms with Crippen molar-refractivity contribution in [3.8, 4) is 0 Å². The highest BCUT2D eigenvalue weighted by molar-refractivity contribution is 7.47. The summed E-state index contributed by atoms with van der Waals surface area (Å²) in [7, 11) is -5.13. The van der Waals surface area contributed by atoms with E-state index in [2.05, 4.69) is 62.5 Å². The maximum absolute atomic E-state index is 12.7. The maximum atomic E-state index is 12.7. The van der Waals surface area contributed by atoms with Gasteiger partial charge < -0.3 is 39.9 Å². The van der Waals surface area contributed by atoms with Gasteiger partial charge in [0.05, 0.1) is 6.61 Å². The molecule has 7 unspecified atom stereocenters. The number of aliphatic hydroxyl groups is 5. The summed E-state index contributed by atoms with van der Waals surface area (Å²) in [5.74, 6) is -1.18. The summed E-state index contributed by atoms with van der Waals surface area (Å²) in [6, 6.07) is 0. The van der Waals surface area contributed by atoms with Crippen molar-refractivity contribution >= 4 is 19.8 Å². The first-order valence-electron chi connectivity index (χ1n) is 19.3. The number of unbranched alkanes of at least 4 members (excludes halogenated alkanes) is 7. The van der Waals surface area contributed by atoms with E-state index in [-0.39, 0.29) is 12.8 Å². The number of hydrogen-bond acceptors (Lipinski definition) is 12. The van der Waals surface area contributed by atoms with E-state index in [1.807, 2.05) is 24.3 Å². The Labute approximate surface area is 321 Å². The molecule has 0 aromatic carbocycles. The first-order chi connectivity index (χ1) is 25.9. The lowest BCUT2D eigenvalue weighted by molar-refractivity contribution is -0.220. The smallest absolute Gasteiger partial charge is 0.462 e. The van der Waals surface area contributed by atoms with Crippen LogP contribution in [-0.4, -0.2) is 98.3 Å². The molecular weight excluding hydrogens is 719 g/mol. The SMILES string of the molecule is CC/C=C/C=C/C=C/CCCCCCCC(=O)OC(COC(=O)CCCC/C=C/C/C=C/C/C=C/CC)COP(=O)(O)OC1C(O)C(O)C(O)[C@@H](O)C1O. The van der Waals surface area contributed by atoms with E-state index in [1.165, 1.54) is 0 Å². The summed E-state index contributed by atoms with van der Waals surface area (Å²) in [6.45, 7) is 2.94. The Kier molecular flexibility index (Phi) is 27.9. The Morgan fingerprint density at radius 3 is 1.76 bits per heavy atom. The number of ether oxygens (including phenoxy) is 2. The average Bonchev–Trinajstić information content (AvgIpc) is 3.15. The maximum Gasteiger partial charge on any atom is 0.472 e. The predicted molar refractivity (Wildman–Crippen MR) is 207 cm³/mol. The molecule has 0 aliphatic heterocycles. The third kappa shape index (κ3) is 23.3. The van der Waals surface area contributed by atoms with E-state index in [0.717, 1.165) is 70.6 Å². The van der Waals surface area contributed by atoms with E-state index >= 15 is 0 Å². The molecular formula is C40H65O13P. The van der Waals surface area contributed by atoms with Gasteiger partial charge in [-0.25, -0.2) is 4.57 Å². The zero-order valence-corrected chi connectivity index (χ0v) is 32.9. The monoisotopic (exact) mass is 784 g/mol. The van der Waals surface area contributed by atoms with Gasteiger partial charge in [0.25, 0.3) is 0 Å². The number of carbonyl (C=O) groups excluding carboxylic acids is 2. The third-order valence-corrected chi connectivity index (χ3v) is 9.34. The molecule has 0 bridgehead atoms. The molecule has 0 radical (unpaired) electrons. The Morgan fingerprint density at radius 1 is 0.593 bits per heavy atom. The molecule has 0 aromatic heterocycles. The fourth-order valence-corrected chi connectivity index (χ4v) is 6.21. The van der Waals surface area contributed by atoms with Gasteiger partial charge in [-0.15, -0.1) is 0 Å². The van der Waals surface area contributed by atoms with Crippen LogP contribution in [0.15, 0.2) is 72.9 Å². The molecule has 1 aliphatic carbocycles. The van der Waals surface area contributed by atoms with Crippen LogP contribution in [0.1, 0.15) is 110 Å². The van der Waals surface area contributed by atoms with Crippen LogP contribution in [0.4, 0.5) is 0 Å². The van der Waals surface area contributed by atoms with Crippen molar-refractivity contribution in [1.82, 2.24) is 0 Å². The summed E-state index contributed by atoms with van der Waals surface area (Å²) in [5.41, 5.74) is 0. The van der Waals surface area contributed by atoms with E-state index in [9.17, 15) is 44.6 Å². The number of hydrogen-bond donors (Lipinski definition) is 6. The number of rotatable bonds is 29. The third-order valence-electron chi connectivity index (χ3n) is 8.35. The molecule has 13 nitrogen and oxygen atoms in total. The highest BCUT2D eigenvalue weighted by Crippen LogP contribution is 2.47. The van der Waals surface area contributed by atoms with E-state index < -0.39 is 75.7 Å². The van der Waals surface area contributed by atoms with E-state index in [0.29, 0.717) is 12.8 Å². The minimum absolute atomic E-state index is 0.0610. The normalized spacial score (nSPS) is 24.1. The average molecular weight is 785 g/mol. The number of phosphoric acid groups is 1. The molecule has 1 saturated carbocycles. The van der Waals surface area contributed by atoms with Crippen LogP contribution < -0.4 is 0 Å². The Hall–Kier alpha value is -2.71. The van der Waals surface area contributed by atoms with Crippen LogP contribution >= 0.6 is 7.82 Å². The molecule has 1 rings (SSSR count). The zero-order valence-electron chi connectivity index (χ0n) is 32.0. The number of allylic oxidation sites excluding steroid dienone is 12. The fourth-order valence-electron chi connectivity index (χ4n) is 5.24. The molecule has 14 heteroatoms. The summed E-state index contributed by atoms with van der Waals surface area (Å²) in [5, 5.41) is 49.9. The molecule has 0 aromatic rings. The summed E-state index contributed by atoms with van der Waals surface area (Å²) in [6.07, 6.45) is 22.7. The standard InChI is InChI=1S/C40H65O13P/c1-3-5-7-9-11-13-15-17-19-21-23-25-27-29-34(42)52-32(30-50-33(41)28-26-24-22-20-18-16-14-12-10-8-6-4-2)31-51-54(48,49)53-40-38(46)36(44)35(43)37(45)39(40)47/h5-9,11-15,18,20,32,35-40,43-47H,3-4,10,16-17,19,21-31H2,1-2H3,(H,48,49)/b7-5+,8-6+,11-9+,14-12+,15-13+,20-18+/t32?,35?,36-,37?,38?,39?,40?/m1/s1. The highest BCUT2D eigenvalue weighted by atomic mass is 31.2. The Balaban J connectivity index is 2.60. The second-order valence-electron chi connectivity index (χ2n) is 13.1. The molecule has 0 heterocycles. The van der Waals surface area contributed by atoms with Crippen molar-refractivity contribution in [3.63, 3.8) is 0 Å². The van der Waals surface area contributed by atoms with Crippen molar-refractivity contribution < 1.29 is 63.1 Å². The molecule has 0 spiro atoms. The number of carbonyl (C=O) groups is 2. The predicted octanol–water partition coefficient (Wildman–Crippen LogP) is 5.99. The van der Waals surface area contributed by atoms with Gasteiger partial charge in [0, 0.05) is 12.8 Å². The molecule has 0 amide bonds. The number of esters is 2. The van der Waals surface area contributed by atoms with Crippen LogP contribution in [0, 0.1) is 0 Å². The molecule has 1 fully saturated rings. The second-order valence-corrected chi connectivity index (χ2v) is 14.5. The zero-order chi connectivity index (χ0) is 40.0. The molecule has 6 N–H and O–H groups in total. The van der Waals surface area contributed by atoms with Gasteiger partial charge in [-0.05, 0) is 64.2 Å². The van der Waals surface area contributed by atoms with Gasteiger partial charge in [-0.2, -0.15) is 0 Å². The Morgan fingerprint density at radius 2 is 1.09 bits per heavy atom. The van der Waals surface area contributed by atoms with Crippen LogP contribution in [-0.2, 0) is 32.7 Å².